The van der Waals surface area contributed by atoms with Crippen LogP contribution in [-0.2, 0) is 12.8 Å². The van der Waals surface area contributed by atoms with E-state index in [0.29, 0.717) is 0 Å². The van der Waals surface area contributed by atoms with Crippen LogP contribution >= 0.6 is 0 Å². The number of hydrogen-bond donors (Lipinski definition) is 0. The van der Waals surface area contributed by atoms with Crippen LogP contribution in [0, 0.1) is 0 Å². The second-order valence-corrected chi connectivity index (χ2v) is 6.40. The maximum absolute atomic E-state index is 2.62. The largest absolute Gasteiger partial charge is 0.374 e. The smallest absolute Gasteiger partial charge is 0.0215 e. The maximum Gasteiger partial charge on any atom is 0.0215 e. The monoisotopic (exact) mass is 305 g/mol. The van der Waals surface area contributed by atoms with Gasteiger partial charge in [-0.15, -0.1) is 0 Å². The predicted octanol–water partition coefficient (Wildman–Crippen LogP) is 5.23. The molecule has 2 aromatic rings. The quantitative estimate of drug-likeness (QED) is 0.677. The van der Waals surface area contributed by atoms with E-state index in [1.54, 1.807) is 5.70 Å². The van der Waals surface area contributed by atoms with E-state index < -0.39 is 0 Å². The number of benzene rings is 2. The summed E-state index contributed by atoms with van der Waals surface area (Å²) in [5.41, 5.74) is 4.45. The SMILES string of the molecule is C1=C(N(CCc2ccccc2)CCc2ccccc2)CCCC1. The number of nitrogens with zero attached hydrogens (tertiary/aromatic N) is 1. The van der Waals surface area contributed by atoms with Crippen molar-refractivity contribution in [1.82, 2.24) is 4.90 Å². The van der Waals surface area contributed by atoms with E-state index >= 15 is 0 Å². The minimum absolute atomic E-state index is 1.13. The van der Waals surface area contributed by atoms with E-state index in [1.807, 2.05) is 0 Å². The Balaban J connectivity index is 1.62. The zero-order chi connectivity index (χ0) is 15.7. The Labute approximate surface area is 140 Å². The van der Waals surface area contributed by atoms with E-state index in [4.69, 9.17) is 0 Å². The Hall–Kier alpha value is -2.02. The van der Waals surface area contributed by atoms with Gasteiger partial charge < -0.3 is 4.90 Å². The van der Waals surface area contributed by atoms with Gasteiger partial charge in [0.15, 0.2) is 0 Å². The highest BCUT2D eigenvalue weighted by atomic mass is 15.1. The molecule has 0 heterocycles. The average molecular weight is 305 g/mol. The lowest BCUT2D eigenvalue weighted by Gasteiger charge is -2.30. The third-order valence-corrected chi connectivity index (χ3v) is 4.70. The molecule has 120 valence electrons. The summed E-state index contributed by atoms with van der Waals surface area (Å²) in [5, 5.41) is 0. The van der Waals surface area contributed by atoms with E-state index in [2.05, 4.69) is 71.6 Å². The fraction of sp³-hybridized carbons (Fsp3) is 0.364. The summed E-state index contributed by atoms with van der Waals surface area (Å²) in [7, 11) is 0. The fourth-order valence-electron chi connectivity index (χ4n) is 3.32. The van der Waals surface area contributed by atoms with Crippen LogP contribution in [0.5, 0.6) is 0 Å². The summed E-state index contributed by atoms with van der Waals surface area (Å²) in [6.45, 7) is 2.26. The van der Waals surface area contributed by atoms with Crippen LogP contribution < -0.4 is 0 Å². The summed E-state index contributed by atoms with van der Waals surface area (Å²) in [6, 6.07) is 21.7. The van der Waals surface area contributed by atoms with Crippen LogP contribution in [0.1, 0.15) is 36.8 Å². The van der Waals surface area contributed by atoms with Gasteiger partial charge in [0.2, 0.25) is 0 Å². The van der Waals surface area contributed by atoms with Gasteiger partial charge in [0, 0.05) is 18.8 Å². The summed E-state index contributed by atoms with van der Waals surface area (Å²) in [6.07, 6.45) is 9.94. The molecule has 0 fully saturated rings. The lowest BCUT2D eigenvalue weighted by atomic mass is 10.0. The highest BCUT2D eigenvalue weighted by molar-refractivity contribution is 5.17. The van der Waals surface area contributed by atoms with Gasteiger partial charge in [0.1, 0.15) is 0 Å². The molecule has 1 aliphatic carbocycles. The van der Waals surface area contributed by atoms with Crippen LogP contribution in [-0.4, -0.2) is 18.0 Å². The van der Waals surface area contributed by atoms with Gasteiger partial charge in [0.25, 0.3) is 0 Å². The summed E-state index contributed by atoms with van der Waals surface area (Å²) >= 11 is 0. The van der Waals surface area contributed by atoms with Gasteiger partial charge in [-0.05, 0) is 49.7 Å². The maximum atomic E-state index is 2.62. The van der Waals surface area contributed by atoms with Crippen molar-refractivity contribution in [2.24, 2.45) is 0 Å². The van der Waals surface area contributed by atoms with Crippen molar-refractivity contribution < 1.29 is 0 Å². The zero-order valence-corrected chi connectivity index (χ0v) is 14.0. The molecule has 1 nitrogen and oxygen atoms in total. The summed E-state index contributed by atoms with van der Waals surface area (Å²) < 4.78 is 0. The molecule has 2 aromatic carbocycles. The minimum atomic E-state index is 1.13. The van der Waals surface area contributed by atoms with Gasteiger partial charge in [-0.3, -0.25) is 0 Å². The van der Waals surface area contributed by atoms with Gasteiger partial charge in [-0.2, -0.15) is 0 Å². The second kappa shape index (κ2) is 8.57. The first-order valence-corrected chi connectivity index (χ1v) is 8.94. The molecule has 3 rings (SSSR count). The van der Waals surface area contributed by atoms with Crippen molar-refractivity contribution in [1.29, 1.82) is 0 Å². The molecule has 0 radical (unpaired) electrons. The predicted molar refractivity (Wildman–Crippen MR) is 98.4 cm³/mol. The topological polar surface area (TPSA) is 3.24 Å². The Morgan fingerprint density at radius 2 is 1.26 bits per heavy atom. The summed E-state index contributed by atoms with van der Waals surface area (Å²) in [4.78, 5) is 2.62. The molecule has 0 atom stereocenters. The zero-order valence-electron chi connectivity index (χ0n) is 14.0. The van der Waals surface area contributed by atoms with Crippen molar-refractivity contribution in [3.63, 3.8) is 0 Å². The minimum Gasteiger partial charge on any atom is -0.374 e. The van der Waals surface area contributed by atoms with Crippen LogP contribution in [0.3, 0.4) is 0 Å². The molecule has 0 saturated carbocycles. The molecule has 0 amide bonds. The fourth-order valence-corrected chi connectivity index (χ4v) is 3.32. The third-order valence-electron chi connectivity index (χ3n) is 4.70. The van der Waals surface area contributed by atoms with Gasteiger partial charge in [-0.25, -0.2) is 0 Å². The molecule has 0 unspecified atom stereocenters. The Kier molecular flexibility index (Phi) is 5.91. The number of allylic oxidation sites excluding steroid dienone is 2. The molecule has 0 spiro atoms. The molecular formula is C22H27N. The first kappa shape index (κ1) is 15.9. The Morgan fingerprint density at radius 1 is 0.696 bits per heavy atom. The normalized spacial score (nSPS) is 14.3. The molecule has 1 heteroatoms. The first-order valence-electron chi connectivity index (χ1n) is 8.94. The average Bonchev–Trinajstić information content (AvgIpc) is 2.64. The third kappa shape index (κ3) is 4.99. The van der Waals surface area contributed by atoms with Crippen LogP contribution in [0.25, 0.3) is 0 Å². The van der Waals surface area contributed by atoms with E-state index in [9.17, 15) is 0 Å². The highest BCUT2D eigenvalue weighted by Crippen LogP contribution is 2.21. The Morgan fingerprint density at radius 3 is 1.74 bits per heavy atom. The molecule has 23 heavy (non-hydrogen) atoms. The van der Waals surface area contributed by atoms with Crippen LogP contribution in [0.15, 0.2) is 72.4 Å². The highest BCUT2D eigenvalue weighted by Gasteiger charge is 2.12. The molecule has 0 aromatic heterocycles. The molecule has 0 bridgehead atoms. The van der Waals surface area contributed by atoms with Crippen molar-refractivity contribution >= 4 is 0 Å². The second-order valence-electron chi connectivity index (χ2n) is 6.40. The lowest BCUT2D eigenvalue weighted by molar-refractivity contribution is 0.329. The van der Waals surface area contributed by atoms with Crippen LogP contribution in [0.2, 0.25) is 0 Å². The van der Waals surface area contributed by atoms with Gasteiger partial charge in [0.05, 0.1) is 0 Å². The van der Waals surface area contributed by atoms with Gasteiger partial charge >= 0.3 is 0 Å². The molecule has 0 N–H and O–H groups in total. The van der Waals surface area contributed by atoms with E-state index in [1.165, 1.54) is 36.8 Å². The van der Waals surface area contributed by atoms with Crippen molar-refractivity contribution in [3.05, 3.63) is 83.6 Å². The van der Waals surface area contributed by atoms with Gasteiger partial charge in [-0.1, -0.05) is 66.7 Å². The van der Waals surface area contributed by atoms with E-state index in [-0.39, 0.29) is 0 Å². The molecule has 0 saturated heterocycles. The van der Waals surface area contributed by atoms with Crippen molar-refractivity contribution in [3.8, 4) is 0 Å². The Bertz CT molecular complexity index is 557. The lowest BCUT2D eigenvalue weighted by Crippen LogP contribution is -2.28. The molecule has 1 aliphatic rings. The van der Waals surface area contributed by atoms with Crippen molar-refractivity contribution in [2.45, 2.75) is 38.5 Å². The number of hydrogen-bond acceptors (Lipinski definition) is 1. The number of rotatable bonds is 7. The first-order chi connectivity index (χ1) is 11.4. The summed E-state index contributed by atoms with van der Waals surface area (Å²) in [5.74, 6) is 0. The van der Waals surface area contributed by atoms with Crippen LogP contribution in [0.4, 0.5) is 0 Å². The van der Waals surface area contributed by atoms with E-state index in [0.717, 1.165) is 25.9 Å². The molecular weight excluding hydrogens is 278 g/mol. The van der Waals surface area contributed by atoms with Crippen molar-refractivity contribution in [2.75, 3.05) is 13.1 Å². The molecule has 0 aliphatic heterocycles. The standard InChI is InChI=1S/C22H27N/c1-4-10-20(11-5-1)16-18-23(22-14-8-3-9-15-22)19-17-21-12-6-2-7-13-21/h1-2,4-7,10-14H,3,8-9,15-19H2.